The normalized spacial score (nSPS) is 19.4. The molecule has 0 aromatic heterocycles. The number of carbonyl (C=O) groups is 2. The maximum absolute atomic E-state index is 12.4. The van der Waals surface area contributed by atoms with E-state index in [1.807, 2.05) is 6.07 Å². The van der Waals surface area contributed by atoms with Gasteiger partial charge < -0.3 is 9.47 Å². The quantitative estimate of drug-likeness (QED) is 0.686. The third kappa shape index (κ3) is 5.10. The average molecular weight is 311 g/mol. The Kier molecular flexibility index (Phi) is 5.28. The van der Waals surface area contributed by atoms with Crippen LogP contribution < -0.4 is 0 Å². The zero-order chi connectivity index (χ0) is 17.1. The van der Waals surface area contributed by atoms with Crippen molar-refractivity contribution in [3.8, 4) is 6.07 Å². The second-order valence-electron chi connectivity index (χ2n) is 7.22. The molecule has 2 amide bonds. The summed E-state index contributed by atoms with van der Waals surface area (Å²) in [4.78, 5) is 24.7. The number of rotatable bonds is 0. The van der Waals surface area contributed by atoms with Crippen LogP contribution in [0, 0.1) is 11.3 Å². The summed E-state index contributed by atoms with van der Waals surface area (Å²) in [6, 6.07) is 1.30. The van der Waals surface area contributed by atoms with Crippen LogP contribution >= 0.6 is 0 Å². The highest BCUT2D eigenvalue weighted by Gasteiger charge is 2.40. The number of hydrogen-bond donors (Lipinski definition) is 0. The molecule has 0 aromatic rings. The molecular weight excluding hydrogens is 286 g/mol. The van der Waals surface area contributed by atoms with E-state index in [0.29, 0.717) is 19.4 Å². The molecule has 1 aliphatic rings. The van der Waals surface area contributed by atoms with Crippen molar-refractivity contribution < 1.29 is 19.1 Å². The second kappa shape index (κ2) is 6.42. The van der Waals surface area contributed by atoms with Gasteiger partial charge in [0.1, 0.15) is 17.2 Å². The summed E-state index contributed by atoms with van der Waals surface area (Å²) in [5.41, 5.74) is -1.40. The molecule has 22 heavy (non-hydrogen) atoms. The number of hydrazine groups is 1. The van der Waals surface area contributed by atoms with Gasteiger partial charge in [-0.3, -0.25) is 0 Å². The smallest absolute Gasteiger partial charge is 0.430 e. The lowest BCUT2D eigenvalue weighted by molar-refractivity contribution is -0.0849. The Hall–Kier alpha value is -1.97. The summed E-state index contributed by atoms with van der Waals surface area (Å²) >= 11 is 0. The lowest BCUT2D eigenvalue weighted by Crippen LogP contribution is -2.59. The monoisotopic (exact) mass is 311 g/mol. The van der Waals surface area contributed by atoms with Crippen LogP contribution in [0.2, 0.25) is 0 Å². The molecule has 1 rings (SSSR count). The van der Waals surface area contributed by atoms with Crippen LogP contribution in [0.3, 0.4) is 0 Å². The number of nitrogens with zero attached hydrogens (tertiary/aromatic N) is 3. The fourth-order valence-electron chi connectivity index (χ4n) is 1.98. The molecule has 1 unspecified atom stereocenters. The average Bonchev–Trinajstić information content (AvgIpc) is 2.33. The van der Waals surface area contributed by atoms with E-state index in [1.54, 1.807) is 41.5 Å². The molecule has 1 aliphatic heterocycles. The van der Waals surface area contributed by atoms with Gasteiger partial charge in [0.05, 0.1) is 6.07 Å². The molecule has 0 aliphatic carbocycles. The summed E-state index contributed by atoms with van der Waals surface area (Å²) in [5.74, 6) is 0. The van der Waals surface area contributed by atoms with Crippen LogP contribution in [0.5, 0.6) is 0 Å². The number of carbonyl (C=O) groups excluding carboxylic acids is 2. The molecule has 1 fully saturated rings. The Morgan fingerprint density at radius 1 is 1.05 bits per heavy atom. The maximum Gasteiger partial charge on any atom is 0.430 e. The van der Waals surface area contributed by atoms with Gasteiger partial charge in [-0.05, 0) is 54.4 Å². The third-order valence-electron chi connectivity index (χ3n) is 2.74. The zero-order valence-electron chi connectivity index (χ0n) is 14.2. The number of amides is 2. The predicted molar refractivity (Wildman–Crippen MR) is 79.6 cm³/mol. The molecule has 0 spiro atoms. The molecule has 7 heteroatoms. The highest BCUT2D eigenvalue weighted by molar-refractivity contribution is 5.75. The molecule has 1 saturated heterocycles. The molecule has 1 atom stereocenters. The summed E-state index contributed by atoms with van der Waals surface area (Å²) in [5, 5.41) is 11.5. The van der Waals surface area contributed by atoms with Crippen molar-refractivity contribution >= 4 is 12.2 Å². The Labute approximate surface area is 131 Å². The van der Waals surface area contributed by atoms with Crippen molar-refractivity contribution in [2.24, 2.45) is 0 Å². The lowest BCUT2D eigenvalue weighted by Gasteiger charge is -2.41. The van der Waals surface area contributed by atoms with Gasteiger partial charge >= 0.3 is 12.2 Å². The SMILES string of the molecule is CC(C)(C)OC(=O)N1CCCC(C#N)N1C(=O)OC(C)(C)C. The van der Waals surface area contributed by atoms with Crippen LogP contribution in [0.1, 0.15) is 54.4 Å². The Balaban J connectivity index is 2.99. The van der Waals surface area contributed by atoms with Gasteiger partial charge in [0.2, 0.25) is 0 Å². The van der Waals surface area contributed by atoms with Gasteiger partial charge in [-0.2, -0.15) is 10.3 Å². The van der Waals surface area contributed by atoms with Crippen molar-refractivity contribution in [3.05, 3.63) is 0 Å². The summed E-state index contributed by atoms with van der Waals surface area (Å²) < 4.78 is 10.6. The molecule has 124 valence electrons. The maximum atomic E-state index is 12.4. The van der Waals surface area contributed by atoms with Crippen LogP contribution in [0.4, 0.5) is 9.59 Å². The zero-order valence-corrected chi connectivity index (χ0v) is 14.2. The minimum absolute atomic E-state index is 0.312. The van der Waals surface area contributed by atoms with Crippen molar-refractivity contribution in [1.82, 2.24) is 10.0 Å². The van der Waals surface area contributed by atoms with E-state index in [9.17, 15) is 14.9 Å². The van der Waals surface area contributed by atoms with Gasteiger partial charge in [-0.15, -0.1) is 0 Å². The van der Waals surface area contributed by atoms with E-state index in [2.05, 4.69) is 0 Å². The molecule has 0 N–H and O–H groups in total. The van der Waals surface area contributed by atoms with E-state index in [4.69, 9.17) is 9.47 Å². The first kappa shape index (κ1) is 18.1. The molecule has 0 radical (unpaired) electrons. The highest BCUT2D eigenvalue weighted by atomic mass is 16.6. The van der Waals surface area contributed by atoms with Crippen LogP contribution in [0.25, 0.3) is 0 Å². The van der Waals surface area contributed by atoms with Gasteiger partial charge in [0, 0.05) is 6.54 Å². The summed E-state index contributed by atoms with van der Waals surface area (Å²) in [6.07, 6.45) is -0.255. The van der Waals surface area contributed by atoms with Crippen molar-refractivity contribution in [3.63, 3.8) is 0 Å². The molecule has 0 aromatic carbocycles. The van der Waals surface area contributed by atoms with Crippen LogP contribution in [-0.4, -0.2) is 46.0 Å². The highest BCUT2D eigenvalue weighted by Crippen LogP contribution is 2.23. The van der Waals surface area contributed by atoms with E-state index in [-0.39, 0.29) is 0 Å². The molecule has 0 saturated carbocycles. The number of ether oxygens (including phenoxy) is 2. The molecular formula is C15H25N3O4. The predicted octanol–water partition coefficient (Wildman–Crippen LogP) is 3.06. The minimum atomic E-state index is -0.740. The van der Waals surface area contributed by atoms with E-state index in [0.717, 1.165) is 10.0 Å². The first-order chi connectivity index (χ1) is 9.94. The fraction of sp³-hybridized carbons (Fsp3) is 0.800. The third-order valence-corrected chi connectivity index (χ3v) is 2.74. The van der Waals surface area contributed by atoms with E-state index < -0.39 is 29.4 Å². The first-order valence-electron chi connectivity index (χ1n) is 7.37. The first-order valence-corrected chi connectivity index (χ1v) is 7.37. The Morgan fingerprint density at radius 2 is 1.55 bits per heavy atom. The number of nitriles is 1. The van der Waals surface area contributed by atoms with Crippen molar-refractivity contribution in [1.29, 1.82) is 5.26 Å². The summed E-state index contributed by atoms with van der Waals surface area (Å²) in [7, 11) is 0. The fourth-order valence-corrected chi connectivity index (χ4v) is 1.98. The topological polar surface area (TPSA) is 82.9 Å². The summed E-state index contributed by atoms with van der Waals surface area (Å²) in [6.45, 7) is 10.7. The van der Waals surface area contributed by atoms with E-state index in [1.165, 1.54) is 0 Å². The standard InChI is InChI=1S/C15H25N3O4/c1-14(2,3)21-12(19)17-9-7-8-11(10-16)18(17)13(20)22-15(4,5)6/h11H,7-9H2,1-6H3. The van der Waals surface area contributed by atoms with Crippen LogP contribution in [-0.2, 0) is 9.47 Å². The van der Waals surface area contributed by atoms with Gasteiger partial charge in [0.15, 0.2) is 0 Å². The van der Waals surface area contributed by atoms with Gasteiger partial charge in [0.25, 0.3) is 0 Å². The Morgan fingerprint density at radius 3 is 2.00 bits per heavy atom. The Bertz CT molecular complexity index is 471. The number of hydrogen-bond acceptors (Lipinski definition) is 5. The molecule has 1 heterocycles. The lowest BCUT2D eigenvalue weighted by atomic mass is 10.1. The largest absolute Gasteiger partial charge is 0.442 e. The van der Waals surface area contributed by atoms with Gasteiger partial charge in [-0.25, -0.2) is 14.6 Å². The van der Waals surface area contributed by atoms with E-state index >= 15 is 0 Å². The molecule has 7 nitrogen and oxygen atoms in total. The minimum Gasteiger partial charge on any atom is -0.442 e. The van der Waals surface area contributed by atoms with Crippen molar-refractivity contribution in [2.75, 3.05) is 6.54 Å². The second-order valence-corrected chi connectivity index (χ2v) is 7.22. The van der Waals surface area contributed by atoms with Crippen LogP contribution in [0.15, 0.2) is 0 Å². The van der Waals surface area contributed by atoms with Gasteiger partial charge in [-0.1, -0.05) is 0 Å². The molecule has 0 bridgehead atoms. The van der Waals surface area contributed by atoms with Crippen molar-refractivity contribution in [2.45, 2.75) is 71.6 Å².